The van der Waals surface area contributed by atoms with E-state index in [-0.39, 0.29) is 16.4 Å². The summed E-state index contributed by atoms with van der Waals surface area (Å²) in [6.45, 7) is 0.479. The van der Waals surface area contributed by atoms with Crippen LogP contribution in [0.1, 0.15) is 24.8 Å². The highest BCUT2D eigenvalue weighted by atomic mass is 35.5. The Bertz CT molecular complexity index is 843. The molecule has 2 heterocycles. The molecule has 6 nitrogen and oxygen atoms in total. The van der Waals surface area contributed by atoms with Crippen molar-refractivity contribution in [2.24, 2.45) is 0 Å². The van der Waals surface area contributed by atoms with E-state index in [1.54, 1.807) is 7.11 Å². The molecule has 1 aliphatic rings. The molecule has 1 fully saturated rings. The van der Waals surface area contributed by atoms with Crippen LogP contribution in [-0.2, 0) is 10.9 Å². The fourth-order valence-electron chi connectivity index (χ4n) is 2.68. The van der Waals surface area contributed by atoms with Crippen LogP contribution in [0.2, 0.25) is 5.02 Å². The van der Waals surface area contributed by atoms with E-state index in [9.17, 15) is 18.0 Å². The first-order valence-electron chi connectivity index (χ1n) is 7.86. The van der Waals surface area contributed by atoms with Crippen molar-refractivity contribution in [1.82, 2.24) is 14.8 Å². The van der Waals surface area contributed by atoms with Crippen LogP contribution in [0.4, 0.5) is 18.9 Å². The van der Waals surface area contributed by atoms with E-state index < -0.39 is 17.3 Å². The molecular weight excluding hydrogens is 373 g/mol. The molecule has 140 valence electrons. The highest BCUT2D eigenvalue weighted by Gasteiger charge is 2.37. The number of halogens is 4. The number of hydrogen-bond donors (Lipinski definition) is 1. The first kappa shape index (κ1) is 18.7. The Morgan fingerprint density at radius 2 is 2.08 bits per heavy atom. The van der Waals surface area contributed by atoms with Crippen molar-refractivity contribution in [1.29, 1.82) is 0 Å². The fraction of sp³-hybridized carbons (Fsp3) is 0.438. The van der Waals surface area contributed by atoms with Crippen molar-refractivity contribution in [3.05, 3.63) is 45.5 Å². The minimum Gasteiger partial charge on any atom is -0.379 e. The van der Waals surface area contributed by atoms with Crippen LogP contribution < -0.4 is 10.9 Å². The fourth-order valence-corrected chi connectivity index (χ4v) is 2.87. The third kappa shape index (κ3) is 3.54. The molecule has 0 spiro atoms. The summed E-state index contributed by atoms with van der Waals surface area (Å²) < 4.78 is 44.1. The van der Waals surface area contributed by atoms with E-state index in [1.165, 1.54) is 6.20 Å². The molecule has 0 bridgehead atoms. The Hall–Kier alpha value is -2.13. The zero-order valence-electron chi connectivity index (χ0n) is 13.8. The maximum absolute atomic E-state index is 12.6. The Morgan fingerprint density at radius 3 is 2.58 bits per heavy atom. The summed E-state index contributed by atoms with van der Waals surface area (Å²) >= 11 is 6.10. The summed E-state index contributed by atoms with van der Waals surface area (Å²) in [6.07, 6.45) is 0.368. The number of ether oxygens (including phenoxy) is 1. The molecule has 1 N–H and O–H groups in total. The molecule has 0 amide bonds. The Labute approximate surface area is 151 Å². The summed E-state index contributed by atoms with van der Waals surface area (Å²) in [6, 6.07) is 1.89. The lowest BCUT2D eigenvalue weighted by Crippen LogP contribution is -2.45. The van der Waals surface area contributed by atoms with Gasteiger partial charge in [-0.25, -0.2) is 4.98 Å². The Morgan fingerprint density at radius 1 is 1.35 bits per heavy atom. The summed E-state index contributed by atoms with van der Waals surface area (Å²) in [5, 5.41) is 6.88. The van der Waals surface area contributed by atoms with Crippen molar-refractivity contribution in [3.8, 4) is 5.82 Å². The van der Waals surface area contributed by atoms with Crippen LogP contribution in [0, 0.1) is 0 Å². The van der Waals surface area contributed by atoms with Crippen LogP contribution in [0.25, 0.3) is 5.82 Å². The molecule has 0 unspecified atom stereocenters. The van der Waals surface area contributed by atoms with Gasteiger partial charge in [-0.1, -0.05) is 11.6 Å². The van der Waals surface area contributed by atoms with Crippen molar-refractivity contribution in [3.63, 3.8) is 0 Å². The molecule has 0 atom stereocenters. The zero-order valence-corrected chi connectivity index (χ0v) is 14.6. The molecular formula is C16H16ClF3N4O2. The predicted octanol–water partition coefficient (Wildman–Crippen LogP) is 3.28. The molecule has 1 saturated carbocycles. The topological polar surface area (TPSA) is 69.0 Å². The summed E-state index contributed by atoms with van der Waals surface area (Å²) in [7, 11) is 1.63. The maximum atomic E-state index is 12.6. The number of rotatable bonds is 5. The molecule has 0 aromatic carbocycles. The largest absolute Gasteiger partial charge is 0.417 e. The monoisotopic (exact) mass is 388 g/mol. The molecule has 0 aliphatic heterocycles. The third-order valence-corrected chi connectivity index (χ3v) is 4.88. The number of anilines is 1. The van der Waals surface area contributed by atoms with Crippen molar-refractivity contribution in [2.45, 2.75) is 31.0 Å². The van der Waals surface area contributed by atoms with Gasteiger partial charge in [0.05, 0.1) is 23.0 Å². The third-order valence-electron chi connectivity index (χ3n) is 4.51. The van der Waals surface area contributed by atoms with E-state index in [2.05, 4.69) is 15.4 Å². The highest BCUT2D eigenvalue weighted by Crippen LogP contribution is 2.35. The minimum atomic E-state index is -4.51. The van der Waals surface area contributed by atoms with Crippen molar-refractivity contribution in [2.75, 3.05) is 19.0 Å². The Kier molecular flexibility index (Phi) is 4.94. The van der Waals surface area contributed by atoms with Gasteiger partial charge < -0.3 is 10.1 Å². The quantitative estimate of drug-likeness (QED) is 0.851. The van der Waals surface area contributed by atoms with Gasteiger partial charge in [0.15, 0.2) is 5.82 Å². The molecule has 3 rings (SSSR count). The molecule has 0 radical (unpaired) electrons. The van der Waals surface area contributed by atoms with Gasteiger partial charge in [-0.05, 0) is 31.4 Å². The van der Waals surface area contributed by atoms with E-state index in [0.29, 0.717) is 18.4 Å². The maximum Gasteiger partial charge on any atom is 0.417 e. The Balaban J connectivity index is 1.82. The summed E-state index contributed by atoms with van der Waals surface area (Å²) in [5.74, 6) is -0.0520. The summed E-state index contributed by atoms with van der Waals surface area (Å²) in [5.41, 5.74) is -1.52. The van der Waals surface area contributed by atoms with E-state index in [4.69, 9.17) is 16.3 Å². The van der Waals surface area contributed by atoms with Crippen LogP contribution in [0.5, 0.6) is 0 Å². The van der Waals surface area contributed by atoms with Gasteiger partial charge in [-0.2, -0.15) is 23.0 Å². The molecule has 1 aliphatic carbocycles. The predicted molar refractivity (Wildman–Crippen MR) is 89.7 cm³/mol. The molecule has 10 heteroatoms. The van der Waals surface area contributed by atoms with Gasteiger partial charge in [0.1, 0.15) is 5.02 Å². The smallest absolute Gasteiger partial charge is 0.379 e. The second kappa shape index (κ2) is 6.88. The number of nitrogens with zero attached hydrogens (tertiary/aromatic N) is 3. The van der Waals surface area contributed by atoms with Gasteiger partial charge in [-0.15, -0.1) is 0 Å². The van der Waals surface area contributed by atoms with Crippen LogP contribution >= 0.6 is 11.6 Å². The second-order valence-corrected chi connectivity index (χ2v) is 6.46. The van der Waals surface area contributed by atoms with Gasteiger partial charge in [0.25, 0.3) is 5.56 Å². The lowest BCUT2D eigenvalue weighted by Gasteiger charge is -2.40. The average molecular weight is 389 g/mol. The minimum absolute atomic E-state index is 0.0520. The van der Waals surface area contributed by atoms with Crippen LogP contribution in [-0.4, -0.2) is 34.0 Å². The SMILES string of the molecule is COC1(CNc2cnn(-c3ccc(C(F)(F)F)cn3)c(=O)c2Cl)CCC1. The van der Waals surface area contributed by atoms with Gasteiger partial charge >= 0.3 is 6.18 Å². The second-order valence-electron chi connectivity index (χ2n) is 6.09. The average Bonchev–Trinajstić information content (AvgIpc) is 2.57. The number of pyridine rings is 1. The highest BCUT2D eigenvalue weighted by molar-refractivity contribution is 6.32. The normalized spacial score (nSPS) is 16.2. The number of aromatic nitrogens is 3. The number of methoxy groups -OCH3 is 1. The van der Waals surface area contributed by atoms with Gasteiger partial charge in [-0.3, -0.25) is 4.79 Å². The van der Waals surface area contributed by atoms with Crippen LogP contribution in [0.15, 0.2) is 29.3 Å². The molecule has 0 saturated heterocycles. The number of nitrogens with one attached hydrogen (secondary N) is 1. The standard InChI is InChI=1S/C16H16ClF3N4O2/c1-26-15(5-2-6-15)9-22-11-8-23-24(14(25)13(11)17)12-4-3-10(7-21-12)16(18,19)20/h3-4,7-8,22H,2,5-6,9H2,1H3. The van der Waals surface area contributed by atoms with E-state index in [0.717, 1.165) is 36.1 Å². The molecule has 2 aromatic rings. The first-order chi connectivity index (χ1) is 12.3. The lowest BCUT2D eigenvalue weighted by atomic mass is 9.80. The number of alkyl halides is 3. The number of hydrogen-bond acceptors (Lipinski definition) is 5. The van der Waals surface area contributed by atoms with E-state index in [1.807, 2.05) is 0 Å². The van der Waals surface area contributed by atoms with Crippen LogP contribution in [0.3, 0.4) is 0 Å². The van der Waals surface area contributed by atoms with Gasteiger partial charge in [0.2, 0.25) is 0 Å². The molecule has 2 aromatic heterocycles. The van der Waals surface area contributed by atoms with E-state index >= 15 is 0 Å². The van der Waals surface area contributed by atoms with Gasteiger partial charge in [0, 0.05) is 19.9 Å². The zero-order chi connectivity index (χ0) is 18.9. The lowest BCUT2D eigenvalue weighted by molar-refractivity contribution is -0.137. The van der Waals surface area contributed by atoms with Crippen molar-refractivity contribution < 1.29 is 17.9 Å². The molecule has 26 heavy (non-hydrogen) atoms. The first-order valence-corrected chi connectivity index (χ1v) is 8.24. The summed E-state index contributed by atoms with van der Waals surface area (Å²) in [4.78, 5) is 16.0. The van der Waals surface area contributed by atoms with Crippen molar-refractivity contribution >= 4 is 17.3 Å².